The Morgan fingerprint density at radius 2 is 1.27 bits per heavy atom. The molecule has 0 aliphatic heterocycles. The van der Waals surface area contributed by atoms with Gasteiger partial charge in [-0.2, -0.15) is 62.2 Å². The second-order valence-electron chi connectivity index (χ2n) is 5.89. The number of phenolic OH excluding ortho intramolecular Hbond substituents is 1. The number of halogens is 15. The summed E-state index contributed by atoms with van der Waals surface area (Å²) in [6, 6.07) is 1.72. The van der Waals surface area contributed by atoms with Crippen LogP contribution in [-0.2, 0) is 4.79 Å². The molecule has 0 aromatic heterocycles. The number of alkyl halides is 13. The normalized spacial score (nSPS) is 14.6. The van der Waals surface area contributed by atoms with Crippen molar-refractivity contribution in [1.29, 1.82) is 0 Å². The molecular formula is C14H5Cl2F13N2O2. The second-order valence-corrected chi connectivity index (χ2v) is 6.74. The van der Waals surface area contributed by atoms with Crippen molar-refractivity contribution in [3.8, 4) is 5.75 Å². The van der Waals surface area contributed by atoms with Crippen LogP contribution < -0.4 is 5.43 Å². The standard InChI is InChI=1S/C14H5Cl2F13N2O2/c15-5-1-4(7(32)6(16)2-5)3-30-31-8(33)9(17,18)10(19,20)11(21,22)12(23,24)13(25,26)14(27,28)29/h1-3,32H,(H,31,33)/b30-3-. The van der Waals surface area contributed by atoms with Crippen molar-refractivity contribution in [3.05, 3.63) is 27.7 Å². The minimum Gasteiger partial charge on any atom is -0.506 e. The smallest absolute Gasteiger partial charge is 0.460 e. The summed E-state index contributed by atoms with van der Waals surface area (Å²) in [7, 11) is 0. The largest absolute Gasteiger partial charge is 0.506 e. The third-order valence-electron chi connectivity index (χ3n) is 3.65. The lowest BCUT2D eigenvalue weighted by Gasteiger charge is -2.38. The molecule has 1 rings (SSSR count). The average Bonchev–Trinajstić information content (AvgIpc) is 2.63. The number of hydrogen-bond acceptors (Lipinski definition) is 3. The van der Waals surface area contributed by atoms with Crippen LogP contribution in [0.4, 0.5) is 57.1 Å². The van der Waals surface area contributed by atoms with Gasteiger partial charge in [-0.1, -0.05) is 23.2 Å². The molecule has 1 amide bonds. The number of phenols is 1. The molecule has 0 radical (unpaired) electrons. The lowest BCUT2D eigenvalue weighted by atomic mass is 9.93. The molecule has 188 valence electrons. The van der Waals surface area contributed by atoms with E-state index in [1.165, 1.54) is 0 Å². The summed E-state index contributed by atoms with van der Waals surface area (Å²) in [5, 5.41) is 11.3. The third kappa shape index (κ3) is 4.61. The summed E-state index contributed by atoms with van der Waals surface area (Å²) in [6.07, 6.45) is -7.40. The van der Waals surface area contributed by atoms with Crippen molar-refractivity contribution in [2.75, 3.05) is 0 Å². The van der Waals surface area contributed by atoms with E-state index in [0.29, 0.717) is 5.43 Å². The predicted octanol–water partition coefficient (Wildman–Crippen LogP) is 5.89. The molecule has 33 heavy (non-hydrogen) atoms. The minimum atomic E-state index is -8.14. The quantitative estimate of drug-likeness (QED) is 0.253. The van der Waals surface area contributed by atoms with Gasteiger partial charge in [0, 0.05) is 10.6 Å². The maximum Gasteiger partial charge on any atom is 0.460 e. The zero-order chi connectivity index (χ0) is 26.4. The van der Waals surface area contributed by atoms with Gasteiger partial charge in [0.05, 0.1) is 11.2 Å². The zero-order valence-corrected chi connectivity index (χ0v) is 16.2. The molecule has 0 unspecified atom stereocenters. The fraction of sp³-hybridized carbons (Fsp3) is 0.429. The maximum absolute atomic E-state index is 13.6. The lowest BCUT2D eigenvalue weighted by Crippen LogP contribution is -2.71. The molecule has 1 aromatic carbocycles. The number of nitrogens with zero attached hydrogens (tertiary/aromatic N) is 1. The molecule has 19 heteroatoms. The van der Waals surface area contributed by atoms with Crippen molar-refractivity contribution in [1.82, 2.24) is 5.43 Å². The van der Waals surface area contributed by atoms with Gasteiger partial charge in [0.2, 0.25) is 0 Å². The van der Waals surface area contributed by atoms with E-state index in [-0.39, 0.29) is 11.2 Å². The van der Waals surface area contributed by atoms with Crippen molar-refractivity contribution < 1.29 is 67.0 Å². The maximum atomic E-state index is 13.6. The Morgan fingerprint density at radius 1 is 0.818 bits per heavy atom. The molecule has 0 heterocycles. The highest BCUT2D eigenvalue weighted by Crippen LogP contribution is 2.60. The molecule has 1 aromatic rings. The molecule has 0 atom stereocenters. The first-order chi connectivity index (χ1) is 14.5. The monoisotopic (exact) mass is 550 g/mol. The van der Waals surface area contributed by atoms with Crippen molar-refractivity contribution >= 4 is 35.3 Å². The Morgan fingerprint density at radius 3 is 1.73 bits per heavy atom. The van der Waals surface area contributed by atoms with Crippen LogP contribution in [0.2, 0.25) is 10.0 Å². The fourth-order valence-corrected chi connectivity index (χ4v) is 2.34. The summed E-state index contributed by atoms with van der Waals surface area (Å²) in [4.78, 5) is 11.2. The second kappa shape index (κ2) is 8.56. The Hall–Kier alpha value is -2.17. The van der Waals surface area contributed by atoms with Gasteiger partial charge < -0.3 is 5.11 Å². The van der Waals surface area contributed by atoms with Crippen LogP contribution in [0.3, 0.4) is 0 Å². The Balaban J connectivity index is 3.30. The van der Waals surface area contributed by atoms with E-state index >= 15 is 0 Å². The summed E-state index contributed by atoms with van der Waals surface area (Å²) >= 11 is 11.0. The molecule has 2 N–H and O–H groups in total. The van der Waals surface area contributed by atoms with Crippen LogP contribution in [0, 0.1) is 0 Å². The number of hydrogen-bond donors (Lipinski definition) is 2. The molecule has 0 saturated heterocycles. The zero-order valence-electron chi connectivity index (χ0n) is 14.7. The lowest BCUT2D eigenvalue weighted by molar-refractivity contribution is -0.436. The van der Waals surface area contributed by atoms with Crippen LogP contribution in [0.1, 0.15) is 5.56 Å². The van der Waals surface area contributed by atoms with Crippen molar-refractivity contribution in [2.24, 2.45) is 5.10 Å². The Labute approximate surface area is 182 Å². The highest BCUT2D eigenvalue weighted by molar-refractivity contribution is 6.36. The molecule has 0 saturated carbocycles. The van der Waals surface area contributed by atoms with Gasteiger partial charge in [-0.25, -0.2) is 5.43 Å². The van der Waals surface area contributed by atoms with Gasteiger partial charge in [-0.3, -0.25) is 4.79 Å². The summed E-state index contributed by atoms with van der Waals surface area (Å²) in [6.45, 7) is 0. The molecule has 0 bridgehead atoms. The van der Waals surface area contributed by atoms with E-state index in [1.54, 1.807) is 0 Å². The van der Waals surface area contributed by atoms with Crippen LogP contribution in [0.5, 0.6) is 5.75 Å². The number of aromatic hydroxyl groups is 1. The summed E-state index contributed by atoms with van der Waals surface area (Å²) < 4.78 is 168. The topological polar surface area (TPSA) is 61.7 Å². The average molecular weight is 551 g/mol. The first-order valence-electron chi connectivity index (χ1n) is 7.44. The summed E-state index contributed by atoms with van der Waals surface area (Å²) in [5.41, 5.74) is -0.142. The van der Waals surface area contributed by atoms with Gasteiger partial charge in [-0.05, 0) is 12.1 Å². The fourth-order valence-electron chi connectivity index (χ4n) is 1.83. The van der Waals surface area contributed by atoms with E-state index < -0.39 is 58.0 Å². The van der Waals surface area contributed by atoms with E-state index in [9.17, 15) is 67.0 Å². The highest BCUT2D eigenvalue weighted by Gasteiger charge is 2.91. The Kier molecular flexibility index (Phi) is 7.48. The minimum absolute atomic E-state index is 0.170. The van der Waals surface area contributed by atoms with E-state index in [4.69, 9.17) is 23.2 Å². The SMILES string of the molecule is O=C(N/N=C\c1cc(Cl)cc(Cl)c1O)C(F)(F)C(F)(F)C(F)(F)C(F)(F)C(F)(F)C(F)(F)F. The molecule has 0 fully saturated rings. The summed E-state index contributed by atoms with van der Waals surface area (Å²) in [5.74, 6) is -43.5. The third-order valence-corrected chi connectivity index (χ3v) is 4.15. The highest BCUT2D eigenvalue weighted by atomic mass is 35.5. The van der Waals surface area contributed by atoms with Crippen LogP contribution >= 0.6 is 23.2 Å². The van der Waals surface area contributed by atoms with Crippen molar-refractivity contribution in [3.63, 3.8) is 0 Å². The first kappa shape index (κ1) is 28.9. The number of rotatable bonds is 7. The first-order valence-corrected chi connectivity index (χ1v) is 8.19. The van der Waals surface area contributed by atoms with Gasteiger partial charge in [0.15, 0.2) is 0 Å². The number of carbonyl (C=O) groups excluding carboxylic acids is 1. The van der Waals surface area contributed by atoms with Crippen LogP contribution in [0.25, 0.3) is 0 Å². The molecule has 0 spiro atoms. The van der Waals surface area contributed by atoms with Gasteiger partial charge in [0.25, 0.3) is 0 Å². The predicted molar refractivity (Wildman–Crippen MR) is 84.7 cm³/mol. The van der Waals surface area contributed by atoms with Gasteiger partial charge >= 0.3 is 41.7 Å². The Bertz CT molecular complexity index is 948. The van der Waals surface area contributed by atoms with E-state index in [2.05, 4.69) is 5.10 Å². The molecular weight excluding hydrogens is 546 g/mol. The van der Waals surface area contributed by atoms with Gasteiger partial charge in [0.1, 0.15) is 5.75 Å². The number of nitrogens with one attached hydrogen (secondary N) is 1. The number of carbonyl (C=O) groups is 1. The van der Waals surface area contributed by atoms with Gasteiger partial charge in [-0.15, -0.1) is 0 Å². The van der Waals surface area contributed by atoms with Crippen molar-refractivity contribution in [2.45, 2.75) is 35.8 Å². The van der Waals surface area contributed by atoms with E-state index in [0.717, 1.165) is 12.1 Å². The number of benzene rings is 1. The number of amides is 1. The van der Waals surface area contributed by atoms with E-state index in [1.807, 2.05) is 0 Å². The van der Waals surface area contributed by atoms with Crippen LogP contribution in [-0.4, -0.2) is 53.0 Å². The van der Waals surface area contributed by atoms with Crippen LogP contribution in [0.15, 0.2) is 17.2 Å². The molecule has 4 nitrogen and oxygen atoms in total. The molecule has 0 aliphatic rings. The number of hydrazone groups is 1. The molecule has 0 aliphatic carbocycles.